The molecular weight excluding hydrogens is 318 g/mol. The summed E-state index contributed by atoms with van der Waals surface area (Å²) in [7, 11) is 2.89. The number of anilines is 1. The molecule has 1 N–H and O–H groups in total. The molecule has 0 atom stereocenters. The van der Waals surface area contributed by atoms with E-state index in [0.29, 0.717) is 5.69 Å². The number of amidine groups is 1. The third-order valence-electron chi connectivity index (χ3n) is 3.11. The van der Waals surface area contributed by atoms with Crippen LogP contribution in [0.15, 0.2) is 23.2 Å². The quantitative estimate of drug-likeness (QED) is 0.294. The first kappa shape index (κ1) is 16.7. The SMILES string of the molecule is COc1ccc(NC([O-])=Nc2c([N+]#N)c(C)nn2C)c([N+](=O)[O-])c1. The Bertz CT molecular complexity index is 866. The van der Waals surface area contributed by atoms with Gasteiger partial charge in [-0.15, -0.1) is 0 Å². The van der Waals surface area contributed by atoms with Gasteiger partial charge in [0.15, 0.2) is 10.7 Å². The lowest BCUT2D eigenvalue weighted by atomic mass is 10.2. The average molecular weight is 331 g/mol. The molecule has 11 nitrogen and oxygen atoms in total. The molecule has 24 heavy (non-hydrogen) atoms. The van der Waals surface area contributed by atoms with E-state index in [-0.39, 0.29) is 28.6 Å². The number of nitrogens with zero attached hydrogens (tertiary/aromatic N) is 6. The van der Waals surface area contributed by atoms with Gasteiger partial charge >= 0.3 is 5.69 Å². The Morgan fingerprint density at radius 2 is 2.25 bits per heavy atom. The van der Waals surface area contributed by atoms with Gasteiger partial charge in [-0.1, -0.05) is 0 Å². The van der Waals surface area contributed by atoms with Crippen LogP contribution in [0.2, 0.25) is 0 Å². The van der Waals surface area contributed by atoms with Gasteiger partial charge < -0.3 is 15.2 Å². The first-order valence-corrected chi connectivity index (χ1v) is 6.61. The molecule has 2 rings (SSSR count). The number of benzene rings is 1. The van der Waals surface area contributed by atoms with Crippen LogP contribution in [-0.4, -0.2) is 27.8 Å². The highest BCUT2D eigenvalue weighted by Gasteiger charge is 2.24. The van der Waals surface area contributed by atoms with Crippen LogP contribution in [0, 0.1) is 22.4 Å². The second-order valence-electron chi connectivity index (χ2n) is 4.66. The number of aromatic nitrogens is 2. The van der Waals surface area contributed by atoms with Crippen molar-refractivity contribution in [3.8, 4) is 5.75 Å². The third kappa shape index (κ3) is 3.22. The minimum absolute atomic E-state index is 0.0173. The van der Waals surface area contributed by atoms with Crippen LogP contribution in [0.25, 0.3) is 4.98 Å². The molecule has 1 aromatic carbocycles. The van der Waals surface area contributed by atoms with Crippen molar-refractivity contribution in [3.63, 3.8) is 0 Å². The molecule has 0 unspecified atom stereocenters. The number of rotatable bonds is 4. The van der Waals surface area contributed by atoms with E-state index in [0.717, 1.165) is 0 Å². The van der Waals surface area contributed by atoms with Gasteiger partial charge in [0, 0.05) is 7.05 Å². The number of methoxy groups -OCH3 is 1. The number of nitro groups is 1. The first-order valence-electron chi connectivity index (χ1n) is 6.61. The maximum absolute atomic E-state index is 12.0. The second-order valence-corrected chi connectivity index (χ2v) is 4.66. The Balaban J connectivity index is 2.39. The van der Waals surface area contributed by atoms with E-state index in [9.17, 15) is 15.2 Å². The predicted octanol–water partition coefficient (Wildman–Crippen LogP) is 1.59. The Labute approximate surface area is 136 Å². The largest absolute Gasteiger partial charge is 0.846 e. The minimum atomic E-state index is -0.879. The van der Waals surface area contributed by atoms with E-state index in [1.807, 2.05) is 0 Å². The topological polar surface area (TPSA) is 146 Å². The highest BCUT2D eigenvalue weighted by Crippen LogP contribution is 2.32. The predicted molar refractivity (Wildman–Crippen MR) is 83.1 cm³/mol. The van der Waals surface area contributed by atoms with E-state index in [2.05, 4.69) is 20.4 Å². The minimum Gasteiger partial charge on any atom is -0.846 e. The number of nitro benzene ring substituents is 1. The molecule has 1 aromatic heterocycles. The molecule has 0 radical (unpaired) electrons. The lowest BCUT2D eigenvalue weighted by Crippen LogP contribution is -2.27. The summed E-state index contributed by atoms with van der Waals surface area (Å²) in [6.45, 7) is 1.58. The molecule has 1 heterocycles. The van der Waals surface area contributed by atoms with Crippen LogP contribution in [0.5, 0.6) is 5.75 Å². The number of ether oxygens (including phenoxy) is 1. The van der Waals surface area contributed by atoms with E-state index in [4.69, 9.17) is 10.1 Å². The van der Waals surface area contributed by atoms with E-state index < -0.39 is 10.9 Å². The van der Waals surface area contributed by atoms with Gasteiger partial charge in [0.2, 0.25) is 11.2 Å². The fourth-order valence-corrected chi connectivity index (χ4v) is 2.01. The van der Waals surface area contributed by atoms with Gasteiger partial charge in [0.25, 0.3) is 5.69 Å². The van der Waals surface area contributed by atoms with Crippen LogP contribution in [0.1, 0.15) is 5.69 Å². The molecule has 0 bridgehead atoms. The van der Waals surface area contributed by atoms with Crippen LogP contribution in [0.3, 0.4) is 0 Å². The average Bonchev–Trinajstić information content (AvgIpc) is 2.80. The fourth-order valence-electron chi connectivity index (χ4n) is 2.01. The summed E-state index contributed by atoms with van der Waals surface area (Å²) in [6.07, 6.45) is 0. The van der Waals surface area contributed by atoms with Crippen molar-refractivity contribution in [1.82, 2.24) is 9.78 Å². The standard InChI is InChI=1S/C13H13N7O4/c1-7-11(17-14)12(19(2)18-7)16-13(21)15-9-5-4-8(24-3)6-10(9)20(22)23/h4-6H,1-3H3,(H-,15,16,18,21). The zero-order valence-electron chi connectivity index (χ0n) is 13.0. The highest BCUT2D eigenvalue weighted by atomic mass is 16.6. The van der Waals surface area contributed by atoms with Gasteiger partial charge in [0.1, 0.15) is 11.4 Å². The van der Waals surface area contributed by atoms with Crippen molar-refractivity contribution in [3.05, 3.63) is 39.0 Å². The Hall–Kier alpha value is -3.68. The van der Waals surface area contributed by atoms with E-state index in [1.54, 1.807) is 6.92 Å². The summed E-state index contributed by atoms with van der Waals surface area (Å²) < 4.78 is 6.17. The monoisotopic (exact) mass is 331 g/mol. The first-order chi connectivity index (χ1) is 11.4. The fraction of sp³-hybridized carbons (Fsp3) is 0.231. The summed E-state index contributed by atoms with van der Waals surface area (Å²) >= 11 is 0. The maximum atomic E-state index is 12.0. The van der Waals surface area contributed by atoms with Crippen LogP contribution in [0.4, 0.5) is 22.9 Å². The molecule has 0 saturated carbocycles. The molecule has 124 valence electrons. The van der Waals surface area contributed by atoms with Crippen molar-refractivity contribution >= 4 is 28.9 Å². The molecule has 0 fully saturated rings. The van der Waals surface area contributed by atoms with Gasteiger partial charge in [-0.2, -0.15) is 5.10 Å². The number of diazo groups is 1. The lowest BCUT2D eigenvalue weighted by molar-refractivity contribution is -0.384. The van der Waals surface area contributed by atoms with Crippen molar-refractivity contribution in [2.45, 2.75) is 6.92 Å². The van der Waals surface area contributed by atoms with Crippen LogP contribution in [-0.2, 0) is 7.05 Å². The normalized spacial score (nSPS) is 11.0. The summed E-state index contributed by atoms with van der Waals surface area (Å²) in [4.78, 5) is 17.2. The molecule has 0 amide bonds. The molecule has 0 saturated heterocycles. The summed E-state index contributed by atoms with van der Waals surface area (Å²) in [6, 6.07) is 3.09. The van der Waals surface area contributed by atoms with Crippen molar-refractivity contribution in [1.29, 1.82) is 5.39 Å². The molecular formula is C13H13N7O4. The van der Waals surface area contributed by atoms with Crippen LogP contribution >= 0.6 is 0 Å². The summed E-state index contributed by atoms with van der Waals surface area (Å²) in [5.41, 5.74) is 0.0287. The van der Waals surface area contributed by atoms with Gasteiger partial charge in [0.05, 0.1) is 24.1 Å². The summed E-state index contributed by atoms with van der Waals surface area (Å²) in [5, 5.41) is 38.4. The van der Waals surface area contributed by atoms with Gasteiger partial charge in [-0.25, -0.2) is 9.67 Å². The lowest BCUT2D eigenvalue weighted by Gasteiger charge is -2.13. The Morgan fingerprint density at radius 1 is 1.54 bits per heavy atom. The van der Waals surface area contributed by atoms with Gasteiger partial charge in [-0.05, 0) is 19.1 Å². The van der Waals surface area contributed by atoms with Crippen molar-refractivity contribution in [2.24, 2.45) is 12.0 Å². The second kappa shape index (κ2) is 6.61. The molecule has 0 aliphatic heterocycles. The van der Waals surface area contributed by atoms with E-state index in [1.165, 1.54) is 37.0 Å². The molecule has 0 aliphatic rings. The van der Waals surface area contributed by atoms with Crippen molar-refractivity contribution in [2.75, 3.05) is 12.4 Å². The number of aryl methyl sites for hydroxylation is 2. The Kier molecular flexibility index (Phi) is 4.60. The smallest absolute Gasteiger partial charge is 0.451 e. The highest BCUT2D eigenvalue weighted by molar-refractivity contribution is 5.91. The number of nitrogens with one attached hydrogen (secondary N) is 1. The number of aliphatic imine (C=N–C) groups is 1. The van der Waals surface area contributed by atoms with E-state index >= 15 is 0 Å². The number of hydrogen-bond donors (Lipinski definition) is 1. The van der Waals surface area contributed by atoms with Crippen LogP contribution < -0.4 is 15.2 Å². The Morgan fingerprint density at radius 3 is 2.83 bits per heavy atom. The zero-order chi connectivity index (χ0) is 17.9. The molecule has 11 heteroatoms. The molecule has 2 aromatic rings. The molecule has 0 spiro atoms. The van der Waals surface area contributed by atoms with Crippen molar-refractivity contribution < 1.29 is 14.8 Å². The van der Waals surface area contributed by atoms with Gasteiger partial charge in [-0.3, -0.25) is 10.1 Å². The maximum Gasteiger partial charge on any atom is 0.451 e. The number of hydrogen-bond acceptors (Lipinski definition) is 7. The molecule has 0 aliphatic carbocycles. The third-order valence-corrected chi connectivity index (χ3v) is 3.11. The summed E-state index contributed by atoms with van der Waals surface area (Å²) in [5.74, 6) is 0.295. The zero-order valence-corrected chi connectivity index (χ0v) is 13.0.